The molecule has 0 fully saturated rings. The molecule has 0 spiro atoms. The Hall–Kier alpha value is -2.48. The number of carbonyl (C=O) groups excluding carboxylic acids is 4. The molecular formula is C9H12N4O4. The van der Waals surface area contributed by atoms with Gasteiger partial charge in [0.1, 0.15) is 0 Å². The normalized spacial score (nSPS) is 6.12. The first-order valence-corrected chi connectivity index (χ1v) is 4.40. The lowest BCUT2D eigenvalue weighted by atomic mass is 10.2. The molecule has 0 aliphatic rings. The topological polar surface area (TPSA) is 141 Å². The van der Waals surface area contributed by atoms with E-state index in [1.165, 1.54) is 12.2 Å². The Morgan fingerprint density at radius 1 is 0.706 bits per heavy atom. The maximum absolute atomic E-state index is 9.58. The van der Waals surface area contributed by atoms with Crippen LogP contribution in [0.1, 0.15) is 19.3 Å². The van der Waals surface area contributed by atoms with Gasteiger partial charge in [0.25, 0.3) is 0 Å². The lowest BCUT2D eigenvalue weighted by Gasteiger charge is -1.90. The molecule has 0 amide bonds. The van der Waals surface area contributed by atoms with E-state index in [1.54, 1.807) is 0 Å². The highest BCUT2D eigenvalue weighted by Gasteiger charge is 1.85. The van der Waals surface area contributed by atoms with E-state index in [4.69, 9.17) is 20.4 Å². The molecule has 92 valence electrons. The van der Waals surface area contributed by atoms with E-state index in [0.717, 1.165) is 31.4 Å². The van der Waals surface area contributed by atoms with E-state index in [0.29, 0.717) is 13.1 Å². The molecule has 0 radical (unpaired) electrons. The Balaban J connectivity index is -0.000000273. The molecule has 0 saturated carbocycles. The van der Waals surface area contributed by atoms with Crippen LogP contribution in [0.25, 0.3) is 0 Å². The third-order valence-corrected chi connectivity index (χ3v) is 1.17. The fraction of sp³-hybridized carbons (Fsp3) is 0.556. The molecule has 0 aliphatic heterocycles. The second kappa shape index (κ2) is 29.2. The smallest absolute Gasteiger partial charge is 0.222 e. The maximum atomic E-state index is 9.58. The van der Waals surface area contributed by atoms with Crippen LogP contribution >= 0.6 is 0 Å². The van der Waals surface area contributed by atoms with Crippen molar-refractivity contribution >= 4 is 24.3 Å². The molecule has 0 saturated heterocycles. The summed E-state index contributed by atoms with van der Waals surface area (Å²) < 4.78 is 0. The summed E-state index contributed by atoms with van der Waals surface area (Å²) >= 11 is 0. The van der Waals surface area contributed by atoms with Gasteiger partial charge in [0.2, 0.25) is 24.3 Å². The van der Waals surface area contributed by atoms with Crippen molar-refractivity contribution < 1.29 is 19.2 Å². The Labute approximate surface area is 97.5 Å². The highest BCUT2D eigenvalue weighted by atomic mass is 16.1. The zero-order valence-electron chi connectivity index (χ0n) is 9.06. The Morgan fingerprint density at radius 2 is 1.00 bits per heavy atom. The predicted octanol–water partition coefficient (Wildman–Crippen LogP) is 0.630. The zero-order valence-corrected chi connectivity index (χ0v) is 9.06. The van der Waals surface area contributed by atoms with Crippen molar-refractivity contribution in [2.75, 3.05) is 13.1 Å². The first-order valence-electron chi connectivity index (χ1n) is 4.40. The monoisotopic (exact) mass is 240 g/mol. The van der Waals surface area contributed by atoms with Crippen LogP contribution < -0.4 is 0 Å². The SMILES string of the molecule is N=C=O.N=C=O.O=C=NCCCCCN=C=O. The van der Waals surface area contributed by atoms with Gasteiger partial charge >= 0.3 is 0 Å². The van der Waals surface area contributed by atoms with Crippen LogP contribution in [0.3, 0.4) is 0 Å². The Morgan fingerprint density at radius 3 is 1.24 bits per heavy atom. The van der Waals surface area contributed by atoms with Gasteiger partial charge in [-0.05, 0) is 19.3 Å². The fourth-order valence-corrected chi connectivity index (χ4v) is 0.650. The van der Waals surface area contributed by atoms with Gasteiger partial charge in [-0.3, -0.25) is 0 Å². The maximum Gasteiger partial charge on any atom is 0.234 e. The number of nitrogens with zero attached hydrogens (tertiary/aromatic N) is 2. The molecule has 0 atom stereocenters. The summed E-state index contributed by atoms with van der Waals surface area (Å²) in [6.45, 7) is 1.04. The molecule has 0 aromatic rings. The number of rotatable bonds is 6. The van der Waals surface area contributed by atoms with E-state index in [1.807, 2.05) is 0 Å². The lowest BCUT2D eigenvalue weighted by Crippen LogP contribution is -1.84. The molecular weight excluding hydrogens is 228 g/mol. The van der Waals surface area contributed by atoms with Gasteiger partial charge in [0, 0.05) is 0 Å². The first-order chi connectivity index (χ1) is 8.24. The summed E-state index contributed by atoms with van der Waals surface area (Å²) in [4.78, 5) is 42.6. The molecule has 0 aliphatic carbocycles. The van der Waals surface area contributed by atoms with Crippen LogP contribution in [0.15, 0.2) is 9.98 Å². The van der Waals surface area contributed by atoms with Crippen LogP contribution in [-0.4, -0.2) is 37.4 Å². The van der Waals surface area contributed by atoms with Gasteiger partial charge in [-0.1, -0.05) is 0 Å². The van der Waals surface area contributed by atoms with Crippen LogP contribution in [0.4, 0.5) is 0 Å². The third kappa shape index (κ3) is 58.9. The number of isocyanates is 4. The summed E-state index contributed by atoms with van der Waals surface area (Å²) in [6, 6.07) is 0. The second-order valence-corrected chi connectivity index (χ2v) is 2.21. The molecule has 0 rings (SSSR count). The lowest BCUT2D eigenvalue weighted by molar-refractivity contribution is 0.559. The number of unbranched alkanes of at least 4 members (excludes halogenated alkanes) is 2. The van der Waals surface area contributed by atoms with Crippen molar-refractivity contribution in [2.45, 2.75) is 19.3 Å². The zero-order chi connectivity index (χ0) is 13.8. The van der Waals surface area contributed by atoms with Gasteiger partial charge in [0.15, 0.2) is 0 Å². The molecule has 8 heteroatoms. The largest absolute Gasteiger partial charge is 0.234 e. The predicted molar refractivity (Wildman–Crippen MR) is 56.7 cm³/mol. The van der Waals surface area contributed by atoms with E-state index in [9.17, 15) is 9.59 Å². The van der Waals surface area contributed by atoms with Gasteiger partial charge in [-0.2, -0.15) is 0 Å². The average Bonchev–Trinajstić information content (AvgIpc) is 2.30. The number of hydrogen-bond donors (Lipinski definition) is 2. The quantitative estimate of drug-likeness (QED) is 0.399. The molecule has 0 unspecified atom stereocenters. The minimum absolute atomic E-state index is 0.522. The summed E-state index contributed by atoms with van der Waals surface area (Å²) in [7, 11) is 0. The summed E-state index contributed by atoms with van der Waals surface area (Å²) in [5.41, 5.74) is 0. The van der Waals surface area contributed by atoms with Gasteiger partial charge in [-0.15, -0.1) is 0 Å². The van der Waals surface area contributed by atoms with Crippen LogP contribution in [0.5, 0.6) is 0 Å². The van der Waals surface area contributed by atoms with E-state index in [-0.39, 0.29) is 0 Å². The molecule has 8 nitrogen and oxygen atoms in total. The second-order valence-electron chi connectivity index (χ2n) is 2.21. The van der Waals surface area contributed by atoms with E-state index in [2.05, 4.69) is 9.98 Å². The number of hydrogen-bond acceptors (Lipinski definition) is 8. The van der Waals surface area contributed by atoms with Crippen LogP contribution in [0, 0.1) is 10.8 Å². The van der Waals surface area contributed by atoms with Gasteiger partial charge < -0.3 is 0 Å². The highest BCUT2D eigenvalue weighted by molar-refractivity contribution is 5.33. The summed E-state index contributed by atoms with van der Waals surface area (Å²) in [6.07, 6.45) is 7.05. The number of aliphatic imine (C=N–C) groups is 2. The standard InChI is InChI=1S/C7H10N2O2.2CHNO/c10-6-8-4-2-1-3-5-9-7-11;2*2-1-3/h1-5H2;2*2H. The van der Waals surface area contributed by atoms with Crippen molar-refractivity contribution in [3.63, 3.8) is 0 Å². The Bertz CT molecular complexity index is 286. The Kier molecular flexibility index (Phi) is 34.3. The minimum Gasteiger partial charge on any atom is -0.222 e. The minimum atomic E-state index is 0.522. The molecule has 17 heavy (non-hydrogen) atoms. The van der Waals surface area contributed by atoms with E-state index >= 15 is 0 Å². The highest BCUT2D eigenvalue weighted by Crippen LogP contribution is 1.94. The number of nitrogens with one attached hydrogen (secondary N) is 2. The first kappa shape index (κ1) is 20.0. The van der Waals surface area contributed by atoms with Crippen molar-refractivity contribution in [3.8, 4) is 0 Å². The fourth-order valence-electron chi connectivity index (χ4n) is 0.650. The average molecular weight is 240 g/mol. The molecule has 0 aromatic carbocycles. The summed E-state index contributed by atoms with van der Waals surface area (Å²) in [5, 5.41) is 10.8. The molecule has 2 N–H and O–H groups in total. The van der Waals surface area contributed by atoms with Crippen molar-refractivity contribution in [2.24, 2.45) is 9.98 Å². The van der Waals surface area contributed by atoms with Crippen LogP contribution in [-0.2, 0) is 19.2 Å². The molecule has 0 heterocycles. The van der Waals surface area contributed by atoms with Crippen molar-refractivity contribution in [1.82, 2.24) is 0 Å². The van der Waals surface area contributed by atoms with Crippen LogP contribution in [0.2, 0.25) is 0 Å². The van der Waals surface area contributed by atoms with Gasteiger partial charge in [0.05, 0.1) is 13.1 Å². The third-order valence-electron chi connectivity index (χ3n) is 1.17. The molecule has 0 aromatic heterocycles. The molecule has 0 bridgehead atoms. The van der Waals surface area contributed by atoms with Gasteiger partial charge in [-0.25, -0.2) is 40.0 Å². The summed E-state index contributed by atoms with van der Waals surface area (Å²) in [5.74, 6) is 0. The van der Waals surface area contributed by atoms with E-state index < -0.39 is 0 Å². The van der Waals surface area contributed by atoms with Crippen molar-refractivity contribution in [1.29, 1.82) is 10.8 Å². The van der Waals surface area contributed by atoms with Crippen molar-refractivity contribution in [3.05, 3.63) is 0 Å².